The minimum atomic E-state index is -0.125. The van der Waals surface area contributed by atoms with Crippen LogP contribution >= 0.6 is 0 Å². The Bertz CT molecular complexity index is 6040. The van der Waals surface area contributed by atoms with Crippen molar-refractivity contribution < 1.29 is 110 Å². The number of aliphatic hydroxyl groups excluding tert-OH is 1. The number of pyridine rings is 8. The van der Waals surface area contributed by atoms with Crippen LogP contribution in [0.4, 0.5) is 0 Å². The molecule has 0 atom stereocenters. The first-order chi connectivity index (χ1) is 63.0. The number of benzene rings is 11. The molecule has 8 aromatic heterocycles. The first kappa shape index (κ1) is 110. The van der Waals surface area contributed by atoms with E-state index in [0.29, 0.717) is 0 Å². The number of ketones is 1. The van der Waals surface area contributed by atoms with Crippen molar-refractivity contribution in [2.45, 2.75) is 69.2 Å². The van der Waals surface area contributed by atoms with Gasteiger partial charge in [0.15, 0.2) is 5.78 Å². The Labute approximate surface area is 859 Å². The van der Waals surface area contributed by atoms with Crippen molar-refractivity contribution in [2.24, 2.45) is 0 Å². The fraction of sp³-hybridized carbons (Fsp3) is 0.0840. The summed E-state index contributed by atoms with van der Waals surface area (Å²) < 4.78 is 0. The molecule has 681 valence electrons. The number of allylic oxidation sites excluding steroid dienone is 2. The monoisotopic (exact) mass is 2640 g/mol. The van der Waals surface area contributed by atoms with Gasteiger partial charge < -0.3 is 45.0 Å². The molecule has 0 amide bonds. The summed E-state index contributed by atoms with van der Waals surface area (Å²) in [5.41, 5.74) is 33.2. The van der Waals surface area contributed by atoms with Gasteiger partial charge in [0.05, 0.1) is 5.76 Å². The van der Waals surface area contributed by atoms with Crippen LogP contribution in [0.15, 0.2) is 425 Å². The largest absolute Gasteiger partial charge is 0.512 e. The summed E-state index contributed by atoms with van der Waals surface area (Å²) in [6, 6.07) is 146. The molecule has 0 saturated carbocycles. The summed E-state index contributed by atoms with van der Waals surface area (Å²) in [6.45, 7) is 19.6. The van der Waals surface area contributed by atoms with Crippen LogP contribution in [0.1, 0.15) is 58.4 Å². The molecule has 0 spiro atoms. The van der Waals surface area contributed by atoms with Crippen molar-refractivity contribution in [1.82, 2.24) is 39.9 Å². The van der Waals surface area contributed by atoms with E-state index in [2.05, 4.69) is 229 Å². The molecular formula is C119H100Ir5N8O2-8. The van der Waals surface area contributed by atoms with Gasteiger partial charge in [0.25, 0.3) is 0 Å². The number of hydrogen-bond donors (Lipinski definition) is 1. The fourth-order valence-corrected chi connectivity index (χ4v) is 13.2. The number of rotatable bonds is 12. The predicted octanol–water partition coefficient (Wildman–Crippen LogP) is 28.9. The number of nitrogens with zero attached hydrogens (tertiary/aromatic N) is 8. The third-order valence-electron chi connectivity index (χ3n) is 19.6. The number of carbonyl (C=O) groups is 1. The second-order valence-electron chi connectivity index (χ2n) is 29.8. The molecule has 0 aliphatic carbocycles. The van der Waals surface area contributed by atoms with E-state index < -0.39 is 0 Å². The van der Waals surface area contributed by atoms with Crippen molar-refractivity contribution in [3.63, 3.8) is 0 Å². The zero-order chi connectivity index (χ0) is 90.6. The summed E-state index contributed by atoms with van der Waals surface area (Å²) in [6.07, 6.45) is 16.0. The molecule has 19 rings (SSSR count). The predicted molar refractivity (Wildman–Crippen MR) is 529 cm³/mol. The summed E-state index contributed by atoms with van der Waals surface area (Å²) in [5.74, 6) is -0.0625. The van der Waals surface area contributed by atoms with Gasteiger partial charge in [-0.2, -0.15) is 0 Å². The zero-order valence-electron chi connectivity index (χ0n) is 75.9. The average Bonchev–Trinajstić information content (AvgIpc) is 0.826. The Morgan fingerprint density at radius 2 is 0.515 bits per heavy atom. The van der Waals surface area contributed by atoms with Gasteiger partial charge in [0, 0.05) is 173 Å². The van der Waals surface area contributed by atoms with E-state index in [4.69, 9.17) is 5.11 Å². The molecule has 134 heavy (non-hydrogen) atoms. The van der Waals surface area contributed by atoms with E-state index >= 15 is 0 Å². The van der Waals surface area contributed by atoms with Crippen molar-refractivity contribution >= 4 is 5.78 Å². The van der Waals surface area contributed by atoms with E-state index in [9.17, 15) is 4.79 Å². The van der Waals surface area contributed by atoms with Crippen LogP contribution in [0.25, 0.3) is 123 Å². The van der Waals surface area contributed by atoms with E-state index in [1.807, 2.05) is 304 Å². The van der Waals surface area contributed by atoms with Gasteiger partial charge in [-0.15, -0.1) is 285 Å². The van der Waals surface area contributed by atoms with Crippen molar-refractivity contribution in [1.29, 1.82) is 0 Å². The van der Waals surface area contributed by atoms with Gasteiger partial charge in [-0.05, 0) is 151 Å². The van der Waals surface area contributed by atoms with Crippen LogP contribution in [-0.4, -0.2) is 50.8 Å². The molecule has 0 aliphatic heterocycles. The van der Waals surface area contributed by atoms with Crippen molar-refractivity contribution in [3.8, 4) is 123 Å². The smallest absolute Gasteiger partial charge is 0.155 e. The fourth-order valence-electron chi connectivity index (χ4n) is 13.2. The van der Waals surface area contributed by atoms with Gasteiger partial charge in [0.2, 0.25) is 0 Å². The second-order valence-corrected chi connectivity index (χ2v) is 29.8. The number of aromatic nitrogens is 8. The molecule has 0 aliphatic rings. The first-order valence-corrected chi connectivity index (χ1v) is 42.3. The molecule has 0 unspecified atom stereocenters. The van der Waals surface area contributed by atoms with Gasteiger partial charge in [-0.25, -0.2) is 0 Å². The molecule has 15 heteroatoms. The molecular weight excluding hydrogens is 2530 g/mol. The number of hydrogen-bond acceptors (Lipinski definition) is 10. The van der Waals surface area contributed by atoms with Gasteiger partial charge in [0.1, 0.15) is 0 Å². The number of aliphatic hydroxyl groups is 1. The molecule has 0 fully saturated rings. The van der Waals surface area contributed by atoms with Crippen molar-refractivity contribution in [2.75, 3.05) is 0 Å². The van der Waals surface area contributed by atoms with E-state index in [1.54, 1.807) is 24.8 Å². The summed E-state index contributed by atoms with van der Waals surface area (Å²) in [4.78, 5) is 45.0. The van der Waals surface area contributed by atoms with Crippen LogP contribution < -0.4 is 0 Å². The SMILES string of the molecule is CC(=O)C=C(C)O.Cc1cc(-c2[c-]cccc2)ncc1-c1ccccc1.Cc1cc(-c2[c-]cccc2)ncc1-c1ccccc1.Cc1cc(-c2[c-]cccc2)ncc1-c1ccccc1.Cc1cc[c-]c(-c2ccccn2)c1.Cc1cc[c-]c(-c2ccccn2)c1.Cc1ccc[c-]c1-c1ccccn1.Cc1ccc[c-]c1-c1ccccn1.Cc1ccnc(-c2[c-]cccc2)c1.[Ir].[Ir].[Ir].[Ir].[Ir]. The Hall–Kier alpha value is -12.9. The molecule has 0 saturated heterocycles. The molecule has 19 aromatic rings. The van der Waals surface area contributed by atoms with Crippen molar-refractivity contribution in [3.05, 3.63) is 518 Å². The Morgan fingerprint density at radius 1 is 0.239 bits per heavy atom. The summed E-state index contributed by atoms with van der Waals surface area (Å²) in [7, 11) is 0. The molecule has 1 N–H and O–H groups in total. The number of aryl methyl sites for hydroxylation is 8. The molecule has 10 nitrogen and oxygen atoms in total. The van der Waals surface area contributed by atoms with E-state index in [-0.39, 0.29) is 112 Å². The van der Waals surface area contributed by atoms with Gasteiger partial charge in [-0.1, -0.05) is 197 Å². The van der Waals surface area contributed by atoms with Gasteiger partial charge >= 0.3 is 0 Å². The maximum atomic E-state index is 10.0. The maximum absolute atomic E-state index is 10.0. The topological polar surface area (TPSA) is 140 Å². The standard InChI is InChI=1S/3C18H14N.5C12H10N.C5H8O2.5Ir/c3*1-14-12-18(16-10-6-3-7-11-16)19-13-17(14)15-8-4-2-5-9-15;2*1-10-5-4-6-11(9-10)12-7-2-3-8-13-12;2*1-10-6-2-3-7-11(10)12-8-4-5-9-13-12;1-10-7-8-13-12(9-10)11-5-3-2-4-6-11;1-4(6)3-5(2)7;;;;;/h3*2-10,12-13H,1H3;2*2-5,7-9H,1H3;2*2-6,8-9H,1H3;2-5,7-9H,1H3;3,6H,1-2H3;;;;;/q8*-1;;;;;;. The van der Waals surface area contributed by atoms with Crippen LogP contribution in [0.2, 0.25) is 0 Å². The van der Waals surface area contributed by atoms with Crippen LogP contribution in [0, 0.1) is 104 Å². The minimum absolute atomic E-state index is 0. The normalized spacial score (nSPS) is 9.82. The molecule has 8 heterocycles. The Balaban J connectivity index is 0.000000233. The summed E-state index contributed by atoms with van der Waals surface area (Å²) >= 11 is 0. The van der Waals surface area contributed by atoms with Crippen LogP contribution in [0.3, 0.4) is 0 Å². The first-order valence-electron chi connectivity index (χ1n) is 42.3. The number of carbonyl (C=O) groups excluding carboxylic acids is 1. The van der Waals surface area contributed by atoms with E-state index in [0.717, 1.165) is 90.1 Å². The van der Waals surface area contributed by atoms with Gasteiger partial charge in [-0.3, -0.25) is 4.79 Å². The van der Waals surface area contributed by atoms with E-state index in [1.165, 1.54) is 97.8 Å². The minimum Gasteiger partial charge on any atom is -0.512 e. The van der Waals surface area contributed by atoms with Crippen LogP contribution in [0.5, 0.6) is 0 Å². The quantitative estimate of drug-likeness (QED) is 0.0714. The summed E-state index contributed by atoms with van der Waals surface area (Å²) in [5, 5.41) is 8.36. The third kappa shape index (κ3) is 36.2. The maximum Gasteiger partial charge on any atom is 0.155 e. The van der Waals surface area contributed by atoms with Crippen LogP contribution in [-0.2, 0) is 105 Å². The molecule has 11 aromatic carbocycles. The Morgan fingerprint density at radius 3 is 0.769 bits per heavy atom. The Kier molecular flexibility index (Phi) is 49.4. The zero-order valence-corrected chi connectivity index (χ0v) is 87.9. The molecule has 0 bridgehead atoms. The average molecular weight is 2640 g/mol. The third-order valence-corrected chi connectivity index (χ3v) is 19.6. The molecule has 5 radical (unpaired) electrons. The second kappa shape index (κ2) is 60.3.